The van der Waals surface area contributed by atoms with Crippen LogP contribution in [0.2, 0.25) is 5.02 Å². The van der Waals surface area contributed by atoms with Gasteiger partial charge in [-0.1, -0.05) is 57.9 Å². The number of nitrogens with zero attached hydrogens (tertiary/aromatic N) is 2. The highest BCUT2D eigenvalue weighted by atomic mass is 79.9. The van der Waals surface area contributed by atoms with Crippen molar-refractivity contribution in [2.75, 3.05) is 18.5 Å². The molecule has 0 saturated carbocycles. The van der Waals surface area contributed by atoms with Crippen molar-refractivity contribution in [3.63, 3.8) is 0 Å². The average molecular weight is 508 g/mol. The van der Waals surface area contributed by atoms with Crippen LogP contribution in [0.3, 0.4) is 0 Å². The molecule has 156 valence electrons. The SMILES string of the molecule is CN(C(=O)CN(Cc1ccc(Cl)cc1)S(=O)(=O)c1ccc(Br)cc1)c1ccccc1. The van der Waals surface area contributed by atoms with Gasteiger partial charge in [-0.2, -0.15) is 4.31 Å². The first-order chi connectivity index (χ1) is 14.3. The molecule has 0 aliphatic rings. The number of para-hydroxylation sites is 1. The van der Waals surface area contributed by atoms with Crippen molar-refractivity contribution in [1.82, 2.24) is 4.31 Å². The number of halogens is 2. The summed E-state index contributed by atoms with van der Waals surface area (Å²) in [4.78, 5) is 14.5. The molecule has 3 aromatic carbocycles. The van der Waals surface area contributed by atoms with Gasteiger partial charge in [-0.05, 0) is 54.1 Å². The van der Waals surface area contributed by atoms with Gasteiger partial charge in [0.05, 0.1) is 11.4 Å². The van der Waals surface area contributed by atoms with Crippen LogP contribution in [0.15, 0.2) is 88.2 Å². The van der Waals surface area contributed by atoms with Crippen molar-refractivity contribution >= 4 is 49.1 Å². The Morgan fingerprint density at radius 1 is 0.933 bits per heavy atom. The lowest BCUT2D eigenvalue weighted by Crippen LogP contribution is -2.41. The number of sulfonamides is 1. The van der Waals surface area contributed by atoms with Crippen LogP contribution in [0.1, 0.15) is 5.56 Å². The van der Waals surface area contributed by atoms with Crippen LogP contribution in [0.5, 0.6) is 0 Å². The van der Waals surface area contributed by atoms with Gasteiger partial charge in [0.15, 0.2) is 0 Å². The van der Waals surface area contributed by atoms with Gasteiger partial charge in [-0.15, -0.1) is 0 Å². The van der Waals surface area contributed by atoms with Crippen molar-refractivity contribution in [3.05, 3.63) is 93.9 Å². The summed E-state index contributed by atoms with van der Waals surface area (Å²) >= 11 is 9.26. The lowest BCUT2D eigenvalue weighted by Gasteiger charge is -2.25. The molecule has 0 unspecified atom stereocenters. The van der Waals surface area contributed by atoms with E-state index in [-0.39, 0.29) is 23.9 Å². The van der Waals surface area contributed by atoms with Crippen molar-refractivity contribution in [3.8, 4) is 0 Å². The third-order valence-electron chi connectivity index (χ3n) is 4.55. The number of benzene rings is 3. The van der Waals surface area contributed by atoms with Gasteiger partial charge >= 0.3 is 0 Å². The molecule has 0 saturated heterocycles. The molecule has 0 atom stereocenters. The molecule has 1 amide bonds. The number of rotatable bonds is 7. The third kappa shape index (κ3) is 5.49. The molecular weight excluding hydrogens is 488 g/mol. The summed E-state index contributed by atoms with van der Waals surface area (Å²) in [6, 6.07) is 22.3. The monoisotopic (exact) mass is 506 g/mol. The minimum atomic E-state index is -3.90. The molecular formula is C22H20BrClN2O3S. The second-order valence-electron chi connectivity index (χ2n) is 6.64. The van der Waals surface area contributed by atoms with Crippen LogP contribution < -0.4 is 4.90 Å². The van der Waals surface area contributed by atoms with E-state index in [1.54, 1.807) is 55.6 Å². The zero-order chi connectivity index (χ0) is 21.7. The molecule has 0 bridgehead atoms. The summed E-state index contributed by atoms with van der Waals surface area (Å²) in [6.45, 7) is -0.254. The van der Waals surface area contributed by atoms with Crippen molar-refractivity contribution in [1.29, 1.82) is 0 Å². The van der Waals surface area contributed by atoms with Crippen LogP contribution in [0.25, 0.3) is 0 Å². The molecule has 5 nitrogen and oxygen atoms in total. The molecule has 0 fully saturated rings. The fourth-order valence-electron chi connectivity index (χ4n) is 2.83. The Morgan fingerprint density at radius 2 is 1.53 bits per heavy atom. The molecule has 3 aromatic rings. The maximum absolute atomic E-state index is 13.3. The quantitative estimate of drug-likeness (QED) is 0.454. The maximum Gasteiger partial charge on any atom is 0.243 e. The molecule has 0 aliphatic carbocycles. The number of carbonyl (C=O) groups is 1. The minimum absolute atomic E-state index is 0.0456. The van der Waals surface area contributed by atoms with Crippen molar-refractivity contribution < 1.29 is 13.2 Å². The number of hydrogen-bond acceptors (Lipinski definition) is 3. The van der Waals surface area contributed by atoms with Crippen molar-refractivity contribution in [2.45, 2.75) is 11.4 Å². The highest BCUT2D eigenvalue weighted by Crippen LogP contribution is 2.22. The van der Waals surface area contributed by atoms with Gasteiger partial charge in [-0.3, -0.25) is 4.79 Å². The lowest BCUT2D eigenvalue weighted by molar-refractivity contribution is -0.118. The zero-order valence-electron chi connectivity index (χ0n) is 16.2. The first-order valence-electron chi connectivity index (χ1n) is 9.09. The summed E-state index contributed by atoms with van der Waals surface area (Å²) in [7, 11) is -2.28. The van der Waals surface area contributed by atoms with Crippen LogP contribution >= 0.6 is 27.5 Å². The number of carbonyl (C=O) groups excluding carboxylic acids is 1. The fraction of sp³-hybridized carbons (Fsp3) is 0.136. The fourth-order valence-corrected chi connectivity index (χ4v) is 4.60. The van der Waals surface area contributed by atoms with Crippen LogP contribution in [0, 0.1) is 0 Å². The molecule has 0 spiro atoms. The molecule has 8 heteroatoms. The first-order valence-corrected chi connectivity index (χ1v) is 11.7. The standard InChI is InChI=1S/C22H20BrClN2O3S/c1-25(20-5-3-2-4-6-20)22(27)16-26(15-17-7-11-19(24)12-8-17)30(28,29)21-13-9-18(23)10-14-21/h2-14H,15-16H2,1H3. The van der Waals surface area contributed by atoms with Gasteiger partial charge in [-0.25, -0.2) is 8.42 Å². The van der Waals surface area contributed by atoms with Crippen LogP contribution in [-0.4, -0.2) is 32.2 Å². The second-order valence-corrected chi connectivity index (χ2v) is 9.93. The molecule has 0 aromatic heterocycles. The topological polar surface area (TPSA) is 57.7 Å². The lowest BCUT2D eigenvalue weighted by atomic mass is 10.2. The Bertz CT molecular complexity index is 1110. The van der Waals surface area contributed by atoms with Gasteiger partial charge in [0.2, 0.25) is 15.9 Å². The van der Waals surface area contributed by atoms with E-state index in [1.807, 2.05) is 18.2 Å². The van der Waals surface area contributed by atoms with E-state index < -0.39 is 10.0 Å². The number of hydrogen-bond donors (Lipinski definition) is 0. The highest BCUT2D eigenvalue weighted by molar-refractivity contribution is 9.10. The molecule has 0 heterocycles. The summed E-state index contributed by atoms with van der Waals surface area (Å²) in [6.07, 6.45) is 0. The highest BCUT2D eigenvalue weighted by Gasteiger charge is 2.28. The normalized spacial score (nSPS) is 11.5. The Labute approximate surface area is 190 Å². The van der Waals surface area contributed by atoms with E-state index in [4.69, 9.17) is 11.6 Å². The molecule has 0 radical (unpaired) electrons. The van der Waals surface area contributed by atoms with E-state index >= 15 is 0 Å². The molecule has 30 heavy (non-hydrogen) atoms. The van der Waals surface area contributed by atoms with E-state index in [1.165, 1.54) is 21.3 Å². The smallest absolute Gasteiger partial charge is 0.243 e. The van der Waals surface area contributed by atoms with Crippen LogP contribution in [-0.2, 0) is 21.4 Å². The predicted molar refractivity (Wildman–Crippen MR) is 123 cm³/mol. The van der Waals surface area contributed by atoms with E-state index in [9.17, 15) is 13.2 Å². The van der Waals surface area contributed by atoms with Gasteiger partial charge < -0.3 is 4.90 Å². The maximum atomic E-state index is 13.3. The van der Waals surface area contributed by atoms with E-state index in [0.29, 0.717) is 10.7 Å². The van der Waals surface area contributed by atoms with E-state index in [0.717, 1.165) is 10.0 Å². The van der Waals surface area contributed by atoms with E-state index in [2.05, 4.69) is 15.9 Å². The first kappa shape index (κ1) is 22.5. The average Bonchev–Trinajstić information content (AvgIpc) is 2.75. The largest absolute Gasteiger partial charge is 0.314 e. The third-order valence-corrected chi connectivity index (χ3v) is 7.14. The second kappa shape index (κ2) is 9.75. The summed E-state index contributed by atoms with van der Waals surface area (Å²) in [5.41, 5.74) is 1.42. The Kier molecular flexibility index (Phi) is 7.31. The Balaban J connectivity index is 1.91. The Hall–Kier alpha value is -2.19. The predicted octanol–water partition coefficient (Wildman–Crippen LogP) is 4.96. The van der Waals surface area contributed by atoms with Gasteiger partial charge in [0.25, 0.3) is 0 Å². The zero-order valence-corrected chi connectivity index (χ0v) is 19.4. The van der Waals surface area contributed by atoms with Crippen molar-refractivity contribution in [2.24, 2.45) is 0 Å². The van der Waals surface area contributed by atoms with Gasteiger partial charge in [0.1, 0.15) is 0 Å². The minimum Gasteiger partial charge on any atom is -0.314 e. The Morgan fingerprint density at radius 3 is 2.13 bits per heavy atom. The van der Waals surface area contributed by atoms with Gasteiger partial charge in [0, 0.05) is 28.8 Å². The summed E-state index contributed by atoms with van der Waals surface area (Å²) in [5.74, 6) is -0.337. The molecule has 0 N–H and O–H groups in total. The summed E-state index contributed by atoms with van der Waals surface area (Å²) < 4.78 is 28.6. The van der Waals surface area contributed by atoms with Crippen LogP contribution in [0.4, 0.5) is 5.69 Å². The number of anilines is 1. The number of amides is 1. The number of likely N-dealkylation sites (N-methyl/N-ethyl adjacent to an activating group) is 1. The molecule has 0 aliphatic heterocycles. The molecule has 3 rings (SSSR count). The summed E-state index contributed by atoms with van der Waals surface area (Å²) in [5, 5.41) is 0.556.